The lowest BCUT2D eigenvalue weighted by Crippen LogP contribution is -2.66. The van der Waals surface area contributed by atoms with Gasteiger partial charge in [0.05, 0.1) is 12.1 Å². The molecule has 2 aliphatic rings. The molecule has 0 saturated carbocycles. The van der Waals surface area contributed by atoms with Crippen LogP contribution in [0.5, 0.6) is 0 Å². The first-order chi connectivity index (χ1) is 11.3. The molecule has 2 fully saturated rings. The number of nitrogens with one attached hydrogen (secondary N) is 1. The molecule has 7 nitrogen and oxygen atoms in total. The van der Waals surface area contributed by atoms with Crippen LogP contribution in [0.3, 0.4) is 0 Å². The van der Waals surface area contributed by atoms with Crippen molar-refractivity contribution in [1.29, 1.82) is 0 Å². The van der Waals surface area contributed by atoms with Gasteiger partial charge < -0.3 is 15.2 Å². The number of nitrogens with zero attached hydrogens (tertiary/aromatic N) is 1. The summed E-state index contributed by atoms with van der Waals surface area (Å²) in [5.41, 5.74) is 0. The number of aliphatic carboxylic acids is 1. The van der Waals surface area contributed by atoms with Gasteiger partial charge in [0.1, 0.15) is 12.1 Å². The maximum atomic E-state index is 12.5. The third kappa shape index (κ3) is 3.25. The highest BCUT2D eigenvalue weighted by Crippen LogP contribution is 2.40. The average molecular weight is 338 g/mol. The lowest BCUT2D eigenvalue weighted by Gasteiger charge is -2.45. The van der Waals surface area contributed by atoms with Crippen LogP contribution in [0, 0.1) is 11.8 Å². The largest absolute Gasteiger partial charge is 0.480 e. The predicted octanol–water partition coefficient (Wildman–Crippen LogP) is 1.78. The molecular weight excluding hydrogens is 312 g/mol. The summed E-state index contributed by atoms with van der Waals surface area (Å²) < 4.78 is 5.56. The highest BCUT2D eigenvalue weighted by atomic mass is 16.6. The Hall–Kier alpha value is -2.05. The van der Waals surface area contributed by atoms with Crippen molar-refractivity contribution in [2.75, 3.05) is 0 Å². The second kappa shape index (κ2) is 7.23. The molecule has 0 radical (unpaired) electrons. The van der Waals surface area contributed by atoms with Crippen molar-refractivity contribution in [3.05, 3.63) is 12.2 Å². The van der Waals surface area contributed by atoms with E-state index in [0.717, 1.165) is 6.42 Å². The molecule has 0 aromatic rings. The third-order valence-electron chi connectivity index (χ3n) is 5.06. The smallest absolute Gasteiger partial charge is 0.411 e. The number of hydrogen-bond donors (Lipinski definition) is 2. The lowest BCUT2D eigenvalue weighted by molar-refractivity contribution is -0.144. The van der Waals surface area contributed by atoms with Crippen molar-refractivity contribution in [3.63, 3.8) is 0 Å². The molecule has 0 aliphatic carbocycles. The maximum Gasteiger partial charge on any atom is 0.411 e. The monoisotopic (exact) mass is 338 g/mol. The molecule has 0 aromatic heterocycles. The first-order valence-corrected chi connectivity index (χ1v) is 8.43. The SMILES string of the molecule is C/C=C\[C@@H]1C[C@H](C(=O)O)N2C(=O)O[C@@H]([C@H](C)CC)[C@H](NC(C)=O)[C@@H]12. The van der Waals surface area contributed by atoms with Crippen LogP contribution in [0.4, 0.5) is 4.79 Å². The Kier molecular flexibility index (Phi) is 5.51. The van der Waals surface area contributed by atoms with E-state index in [1.54, 1.807) is 0 Å². The van der Waals surface area contributed by atoms with E-state index >= 15 is 0 Å². The minimum Gasteiger partial charge on any atom is -0.480 e. The van der Waals surface area contributed by atoms with Gasteiger partial charge in [-0.1, -0.05) is 26.0 Å². The number of carboxylic acid groups (broad SMARTS) is 1. The number of ether oxygens (including phenoxy) is 1. The van der Waals surface area contributed by atoms with E-state index in [1.807, 2.05) is 32.9 Å². The molecule has 7 heteroatoms. The van der Waals surface area contributed by atoms with Crippen LogP contribution >= 0.6 is 0 Å². The van der Waals surface area contributed by atoms with Gasteiger partial charge in [-0.3, -0.25) is 9.69 Å². The molecule has 24 heavy (non-hydrogen) atoms. The van der Waals surface area contributed by atoms with Crippen LogP contribution in [-0.4, -0.2) is 52.2 Å². The number of amides is 2. The number of hydrogen-bond acceptors (Lipinski definition) is 4. The van der Waals surface area contributed by atoms with Crippen molar-refractivity contribution in [2.24, 2.45) is 11.8 Å². The summed E-state index contributed by atoms with van der Waals surface area (Å²) in [6, 6.07) is -1.77. The summed E-state index contributed by atoms with van der Waals surface area (Å²) in [6.07, 6.45) is 3.82. The van der Waals surface area contributed by atoms with E-state index in [4.69, 9.17) is 4.74 Å². The quantitative estimate of drug-likeness (QED) is 0.745. The third-order valence-corrected chi connectivity index (χ3v) is 5.06. The van der Waals surface area contributed by atoms with Gasteiger partial charge in [-0.25, -0.2) is 9.59 Å². The van der Waals surface area contributed by atoms with E-state index < -0.39 is 36.3 Å². The van der Waals surface area contributed by atoms with Gasteiger partial charge in [0.2, 0.25) is 5.91 Å². The molecule has 2 N–H and O–H groups in total. The number of cyclic esters (lactones) is 1. The van der Waals surface area contributed by atoms with E-state index in [1.165, 1.54) is 11.8 Å². The zero-order chi connectivity index (χ0) is 18.0. The Morgan fingerprint density at radius 3 is 2.67 bits per heavy atom. The number of fused-ring (bicyclic) bond motifs is 1. The topological polar surface area (TPSA) is 95.9 Å². The Balaban J connectivity index is 2.45. The van der Waals surface area contributed by atoms with Gasteiger partial charge in [0.15, 0.2) is 0 Å². The Labute approximate surface area is 142 Å². The van der Waals surface area contributed by atoms with E-state index in [-0.39, 0.29) is 17.7 Å². The molecule has 0 aromatic carbocycles. The molecule has 0 spiro atoms. The minimum atomic E-state index is -1.05. The van der Waals surface area contributed by atoms with Crippen LogP contribution in [0.15, 0.2) is 12.2 Å². The molecule has 6 atom stereocenters. The Morgan fingerprint density at radius 2 is 2.17 bits per heavy atom. The fraction of sp³-hybridized carbons (Fsp3) is 0.706. The first kappa shape index (κ1) is 18.3. The van der Waals surface area contributed by atoms with Gasteiger partial charge >= 0.3 is 12.1 Å². The molecule has 0 unspecified atom stereocenters. The zero-order valence-electron chi connectivity index (χ0n) is 14.6. The summed E-state index contributed by atoms with van der Waals surface area (Å²) >= 11 is 0. The molecule has 0 bridgehead atoms. The minimum absolute atomic E-state index is 0.0584. The van der Waals surface area contributed by atoms with Crippen LogP contribution < -0.4 is 5.32 Å². The highest BCUT2D eigenvalue weighted by Gasteiger charge is 2.56. The summed E-state index contributed by atoms with van der Waals surface area (Å²) in [7, 11) is 0. The van der Waals surface area contributed by atoms with Crippen LogP contribution in [-0.2, 0) is 14.3 Å². The number of carboxylic acids is 1. The van der Waals surface area contributed by atoms with E-state index in [9.17, 15) is 19.5 Å². The molecule has 2 heterocycles. The van der Waals surface area contributed by atoms with Crippen molar-refractivity contribution >= 4 is 18.0 Å². The standard InChI is InChI=1S/C17H26N2O5/c1-5-7-11-8-12(16(21)22)19-14(11)13(18-10(4)20)15(9(3)6-2)24-17(19)23/h5,7,9,11-15H,6,8H2,1-4H3,(H,18,20)(H,21,22)/b7-5-/t9-,11-,12-,13-,14-,15+/m1/s1. The number of allylic oxidation sites excluding steroid dienone is 1. The summed E-state index contributed by atoms with van der Waals surface area (Å²) in [5.74, 6) is -1.34. The Bertz CT molecular complexity index is 547. The van der Waals surface area contributed by atoms with E-state index in [0.29, 0.717) is 6.42 Å². The molecule has 2 saturated heterocycles. The highest BCUT2D eigenvalue weighted by molar-refractivity contribution is 5.82. The summed E-state index contributed by atoms with van der Waals surface area (Å²) in [4.78, 5) is 37.1. The molecule has 2 amide bonds. The second-order valence-corrected chi connectivity index (χ2v) is 6.64. The molecule has 2 aliphatic heterocycles. The number of carbonyl (C=O) groups is 3. The maximum absolute atomic E-state index is 12.5. The zero-order valence-corrected chi connectivity index (χ0v) is 14.6. The van der Waals surface area contributed by atoms with Crippen molar-refractivity contribution in [1.82, 2.24) is 10.2 Å². The van der Waals surface area contributed by atoms with Gasteiger partial charge in [-0.05, 0) is 25.7 Å². The molecule has 2 rings (SSSR count). The summed E-state index contributed by atoms with van der Waals surface area (Å²) in [5, 5.41) is 12.4. The average Bonchev–Trinajstić information content (AvgIpc) is 2.89. The first-order valence-electron chi connectivity index (χ1n) is 8.43. The predicted molar refractivity (Wildman–Crippen MR) is 87.3 cm³/mol. The van der Waals surface area contributed by atoms with Crippen molar-refractivity contribution < 1.29 is 24.2 Å². The fourth-order valence-electron chi connectivity index (χ4n) is 3.82. The van der Waals surface area contributed by atoms with Crippen LogP contribution in [0.2, 0.25) is 0 Å². The number of carbonyl (C=O) groups excluding carboxylic acids is 2. The van der Waals surface area contributed by atoms with Crippen molar-refractivity contribution in [2.45, 2.75) is 64.8 Å². The van der Waals surface area contributed by atoms with E-state index in [2.05, 4.69) is 5.32 Å². The Morgan fingerprint density at radius 1 is 1.50 bits per heavy atom. The van der Waals surface area contributed by atoms with Gasteiger partial charge in [0.25, 0.3) is 0 Å². The normalized spacial score (nSPS) is 33.9. The lowest BCUT2D eigenvalue weighted by atomic mass is 9.84. The van der Waals surface area contributed by atoms with Gasteiger partial charge in [-0.15, -0.1) is 0 Å². The number of rotatable bonds is 5. The molecular formula is C17H26N2O5. The van der Waals surface area contributed by atoms with Gasteiger partial charge in [0, 0.05) is 12.8 Å². The van der Waals surface area contributed by atoms with Gasteiger partial charge in [-0.2, -0.15) is 0 Å². The van der Waals surface area contributed by atoms with Crippen molar-refractivity contribution in [3.8, 4) is 0 Å². The van der Waals surface area contributed by atoms with Crippen LogP contribution in [0.1, 0.15) is 40.5 Å². The van der Waals surface area contributed by atoms with Crippen LogP contribution in [0.25, 0.3) is 0 Å². The summed E-state index contributed by atoms with van der Waals surface area (Å²) in [6.45, 7) is 7.24. The molecule has 134 valence electrons. The second-order valence-electron chi connectivity index (χ2n) is 6.64. The fourth-order valence-corrected chi connectivity index (χ4v) is 3.82.